The van der Waals surface area contributed by atoms with E-state index in [1.165, 1.54) is 17.4 Å². The molecule has 2 fully saturated rings. The quantitative estimate of drug-likeness (QED) is 0.471. The lowest BCUT2D eigenvalue weighted by Crippen LogP contribution is -2.35. The Morgan fingerprint density at radius 1 is 1.12 bits per heavy atom. The molecule has 1 saturated heterocycles. The lowest BCUT2D eigenvalue weighted by atomic mass is 10.0. The van der Waals surface area contributed by atoms with E-state index >= 15 is 0 Å². The number of amides is 1. The molecule has 0 N–H and O–H groups in total. The zero-order valence-electron chi connectivity index (χ0n) is 17.7. The molecule has 1 amide bonds. The van der Waals surface area contributed by atoms with Crippen LogP contribution in [-0.4, -0.2) is 34.7 Å². The van der Waals surface area contributed by atoms with Crippen LogP contribution < -0.4 is 4.74 Å². The number of ether oxygens (including phenoxy) is 1. The highest BCUT2D eigenvalue weighted by Crippen LogP contribution is 2.37. The van der Waals surface area contributed by atoms with Crippen molar-refractivity contribution >= 4 is 33.2 Å². The van der Waals surface area contributed by atoms with Gasteiger partial charge in [-0.1, -0.05) is 6.07 Å². The van der Waals surface area contributed by atoms with Gasteiger partial charge in [-0.3, -0.25) is 14.6 Å². The van der Waals surface area contributed by atoms with Crippen LogP contribution in [0.25, 0.3) is 10.2 Å². The molecule has 5 rings (SSSR count). The van der Waals surface area contributed by atoms with Crippen molar-refractivity contribution in [2.24, 2.45) is 5.92 Å². The van der Waals surface area contributed by atoms with Crippen molar-refractivity contribution in [1.82, 2.24) is 9.88 Å². The van der Waals surface area contributed by atoms with E-state index in [9.17, 15) is 14.0 Å². The molecule has 165 valence electrons. The molecular weight excluding hydrogens is 427 g/mol. The highest BCUT2D eigenvalue weighted by Gasteiger charge is 2.25. The van der Waals surface area contributed by atoms with Crippen molar-refractivity contribution in [3.8, 4) is 11.5 Å². The number of nitrogens with zero attached hydrogens (tertiary/aromatic N) is 2. The second-order valence-electron chi connectivity index (χ2n) is 8.52. The predicted octanol–water partition coefficient (Wildman–Crippen LogP) is 5.58. The number of hydrogen-bond acceptors (Lipinski definition) is 5. The first-order valence-electron chi connectivity index (χ1n) is 11.0. The summed E-state index contributed by atoms with van der Waals surface area (Å²) in [6.45, 7) is 1.45. The summed E-state index contributed by atoms with van der Waals surface area (Å²) in [5, 5.41) is 0. The second kappa shape index (κ2) is 8.98. The third kappa shape index (κ3) is 4.67. The van der Waals surface area contributed by atoms with E-state index in [-0.39, 0.29) is 23.9 Å². The molecule has 3 heterocycles. The minimum Gasteiger partial charge on any atom is -0.453 e. The Hall–Kier alpha value is -2.80. The minimum atomic E-state index is -0.510. The SMILES string of the molecule is O=C(Cc1ccc(Oc2ccnc3cc(C(=O)N4CC[CH]CC4)sc23)c(F)c1)CC1CC1. The molecule has 0 spiro atoms. The molecule has 2 aromatic heterocycles. The van der Waals surface area contributed by atoms with Crippen LogP contribution >= 0.6 is 11.3 Å². The number of aromatic nitrogens is 1. The molecule has 5 nitrogen and oxygen atoms in total. The summed E-state index contributed by atoms with van der Waals surface area (Å²) < 4.78 is 21.3. The Kier molecular flexibility index (Phi) is 5.91. The lowest BCUT2D eigenvalue weighted by molar-refractivity contribution is -0.118. The van der Waals surface area contributed by atoms with Gasteiger partial charge in [0.15, 0.2) is 11.6 Å². The Morgan fingerprint density at radius 2 is 1.94 bits per heavy atom. The van der Waals surface area contributed by atoms with Gasteiger partial charge in [-0.2, -0.15) is 0 Å². The van der Waals surface area contributed by atoms with Crippen molar-refractivity contribution in [3.05, 3.63) is 59.2 Å². The maximum atomic E-state index is 14.7. The number of carbonyl (C=O) groups excluding carboxylic acids is 2. The fourth-order valence-electron chi connectivity index (χ4n) is 4.01. The van der Waals surface area contributed by atoms with Crippen LogP contribution in [0.3, 0.4) is 0 Å². The summed E-state index contributed by atoms with van der Waals surface area (Å²) >= 11 is 1.32. The average molecular weight is 452 g/mol. The van der Waals surface area contributed by atoms with Gasteiger partial charge in [-0.05, 0) is 61.8 Å². The number of ketones is 1. The lowest BCUT2D eigenvalue weighted by Gasteiger charge is -2.25. The standard InChI is InChI=1S/C25H24FN2O3S/c26-19-14-17(13-18(29)12-16-4-5-16)6-7-21(19)31-22-8-9-27-20-15-23(32-24(20)22)25(30)28-10-2-1-3-11-28/h1,6-9,14-16H,2-5,10-13H2. The minimum absolute atomic E-state index is 0.00144. The van der Waals surface area contributed by atoms with E-state index < -0.39 is 5.82 Å². The normalized spacial score (nSPS) is 16.3. The maximum absolute atomic E-state index is 14.7. The molecule has 0 bridgehead atoms. The van der Waals surface area contributed by atoms with Gasteiger partial charge in [0.1, 0.15) is 11.5 Å². The number of halogens is 1. The van der Waals surface area contributed by atoms with Crippen LogP contribution in [0, 0.1) is 18.2 Å². The molecule has 1 aliphatic heterocycles. The number of piperidine rings is 1. The number of rotatable bonds is 7. The highest BCUT2D eigenvalue weighted by molar-refractivity contribution is 7.21. The Bertz CT molecular complexity index is 1170. The number of pyridine rings is 1. The summed E-state index contributed by atoms with van der Waals surface area (Å²) in [6.07, 6.45) is 8.69. The average Bonchev–Trinajstić information content (AvgIpc) is 3.49. The number of carbonyl (C=O) groups is 2. The summed E-state index contributed by atoms with van der Waals surface area (Å²) in [4.78, 5) is 31.7. The maximum Gasteiger partial charge on any atom is 0.264 e. The molecule has 3 aromatic rings. The molecule has 1 saturated carbocycles. The van der Waals surface area contributed by atoms with Crippen molar-refractivity contribution < 1.29 is 18.7 Å². The molecule has 1 aliphatic carbocycles. The Balaban J connectivity index is 1.33. The number of hydrogen-bond donors (Lipinski definition) is 0. The molecule has 1 radical (unpaired) electrons. The monoisotopic (exact) mass is 451 g/mol. The zero-order valence-corrected chi connectivity index (χ0v) is 18.5. The number of Topliss-reactive ketones (excluding diaryl/α,β-unsaturated/α-hetero) is 1. The second-order valence-corrected chi connectivity index (χ2v) is 9.57. The van der Waals surface area contributed by atoms with E-state index in [2.05, 4.69) is 11.4 Å². The summed E-state index contributed by atoms with van der Waals surface area (Å²) in [5.74, 6) is 0.715. The van der Waals surface area contributed by atoms with Gasteiger partial charge in [0.05, 0.1) is 15.1 Å². The first-order valence-corrected chi connectivity index (χ1v) is 11.9. The van der Waals surface area contributed by atoms with Crippen LogP contribution in [0.4, 0.5) is 4.39 Å². The predicted molar refractivity (Wildman–Crippen MR) is 122 cm³/mol. The van der Waals surface area contributed by atoms with Gasteiger partial charge >= 0.3 is 0 Å². The molecular formula is C25H24FN2O3S. The number of benzene rings is 1. The van der Waals surface area contributed by atoms with Crippen molar-refractivity contribution in [1.29, 1.82) is 0 Å². The third-order valence-corrected chi connectivity index (χ3v) is 7.04. The Labute approximate surface area is 190 Å². The zero-order chi connectivity index (χ0) is 22.1. The van der Waals surface area contributed by atoms with Crippen LogP contribution in [-0.2, 0) is 11.2 Å². The van der Waals surface area contributed by atoms with Gasteiger partial charge in [-0.25, -0.2) is 4.39 Å². The van der Waals surface area contributed by atoms with E-state index in [0.29, 0.717) is 38.7 Å². The van der Waals surface area contributed by atoms with E-state index in [1.54, 1.807) is 30.5 Å². The van der Waals surface area contributed by atoms with Crippen LogP contribution in [0.1, 0.15) is 47.3 Å². The van der Waals surface area contributed by atoms with Gasteiger partial charge in [0.25, 0.3) is 5.91 Å². The van der Waals surface area contributed by atoms with Gasteiger partial charge in [-0.15, -0.1) is 11.3 Å². The topological polar surface area (TPSA) is 59.5 Å². The van der Waals surface area contributed by atoms with Crippen LogP contribution in [0.5, 0.6) is 11.5 Å². The molecule has 0 unspecified atom stereocenters. The van der Waals surface area contributed by atoms with Crippen molar-refractivity contribution in [2.45, 2.75) is 38.5 Å². The molecule has 0 atom stereocenters. The molecule has 2 aliphatic rings. The summed E-state index contributed by atoms with van der Waals surface area (Å²) in [6, 6.07) is 8.12. The fourth-order valence-corrected chi connectivity index (χ4v) is 5.04. The first kappa shape index (κ1) is 21.1. The van der Waals surface area contributed by atoms with Gasteiger partial charge in [0, 0.05) is 38.2 Å². The van der Waals surface area contributed by atoms with Crippen molar-refractivity contribution in [2.75, 3.05) is 13.1 Å². The summed E-state index contributed by atoms with van der Waals surface area (Å²) in [5.41, 5.74) is 1.31. The highest BCUT2D eigenvalue weighted by atomic mass is 32.1. The number of thiophene rings is 1. The van der Waals surface area contributed by atoms with E-state index in [4.69, 9.17) is 4.74 Å². The number of fused-ring (bicyclic) bond motifs is 1. The molecule has 7 heteroatoms. The fraction of sp³-hybridized carbons (Fsp3) is 0.360. The van der Waals surface area contributed by atoms with Crippen LogP contribution in [0.2, 0.25) is 0 Å². The smallest absolute Gasteiger partial charge is 0.264 e. The largest absolute Gasteiger partial charge is 0.453 e. The van der Waals surface area contributed by atoms with Crippen LogP contribution in [0.15, 0.2) is 36.5 Å². The van der Waals surface area contributed by atoms with Crippen molar-refractivity contribution in [3.63, 3.8) is 0 Å². The summed E-state index contributed by atoms with van der Waals surface area (Å²) in [7, 11) is 0. The Morgan fingerprint density at radius 3 is 2.69 bits per heavy atom. The molecule has 32 heavy (non-hydrogen) atoms. The van der Waals surface area contributed by atoms with E-state index in [1.807, 2.05) is 4.90 Å². The van der Waals surface area contributed by atoms with Gasteiger partial charge < -0.3 is 9.64 Å². The van der Waals surface area contributed by atoms with Gasteiger partial charge in [0.2, 0.25) is 0 Å². The third-order valence-electron chi connectivity index (χ3n) is 5.91. The number of likely N-dealkylation sites (tertiary alicyclic amines) is 1. The first-order chi connectivity index (χ1) is 15.6. The molecule has 1 aromatic carbocycles. The van der Waals surface area contributed by atoms with E-state index in [0.717, 1.165) is 38.8 Å².